The molecular weight excluding hydrogens is 286 g/mol. The van der Waals surface area contributed by atoms with Crippen molar-refractivity contribution in [3.05, 3.63) is 29.3 Å². The molecular formula is C17H22ClNO2. The number of nitrogens with one attached hydrogen (secondary N) is 1. The van der Waals surface area contributed by atoms with Crippen LogP contribution >= 0.6 is 11.6 Å². The first-order chi connectivity index (χ1) is 10.2. The summed E-state index contributed by atoms with van der Waals surface area (Å²) in [5, 5.41) is 3.36. The molecule has 0 aromatic heterocycles. The van der Waals surface area contributed by atoms with E-state index in [1.54, 1.807) is 12.1 Å². The van der Waals surface area contributed by atoms with E-state index in [-0.39, 0.29) is 12.2 Å². The average molecular weight is 308 g/mol. The van der Waals surface area contributed by atoms with Gasteiger partial charge in [-0.2, -0.15) is 0 Å². The lowest BCUT2D eigenvalue weighted by Crippen LogP contribution is -2.33. The van der Waals surface area contributed by atoms with Crippen molar-refractivity contribution in [3.63, 3.8) is 0 Å². The Hall–Kier alpha value is -1.22. The highest BCUT2D eigenvalue weighted by molar-refractivity contribution is 6.30. The Morgan fingerprint density at radius 2 is 1.95 bits per heavy atom. The lowest BCUT2D eigenvalue weighted by atomic mass is 9.70. The molecule has 4 heteroatoms. The molecule has 1 aromatic carbocycles. The van der Waals surface area contributed by atoms with Crippen molar-refractivity contribution in [2.24, 2.45) is 11.8 Å². The molecule has 3 rings (SSSR count). The maximum atomic E-state index is 12.0. The first-order valence-corrected chi connectivity index (χ1v) is 8.32. The Bertz CT molecular complexity index is 505. The van der Waals surface area contributed by atoms with Gasteiger partial charge in [0.15, 0.2) is 0 Å². The van der Waals surface area contributed by atoms with Crippen molar-refractivity contribution in [1.29, 1.82) is 0 Å². The molecule has 2 saturated carbocycles. The van der Waals surface area contributed by atoms with Gasteiger partial charge in [0.25, 0.3) is 0 Å². The van der Waals surface area contributed by atoms with Gasteiger partial charge in [0.1, 0.15) is 6.10 Å². The monoisotopic (exact) mass is 307 g/mol. The van der Waals surface area contributed by atoms with E-state index in [1.165, 1.54) is 32.1 Å². The van der Waals surface area contributed by atoms with Gasteiger partial charge in [-0.05, 0) is 49.3 Å². The van der Waals surface area contributed by atoms with Gasteiger partial charge in [-0.3, -0.25) is 5.32 Å². The Morgan fingerprint density at radius 1 is 1.14 bits per heavy atom. The van der Waals surface area contributed by atoms with Crippen LogP contribution in [0.5, 0.6) is 0 Å². The van der Waals surface area contributed by atoms with Gasteiger partial charge in [-0.15, -0.1) is 0 Å². The van der Waals surface area contributed by atoms with E-state index < -0.39 is 0 Å². The molecule has 0 unspecified atom stereocenters. The molecule has 2 aliphatic carbocycles. The summed E-state index contributed by atoms with van der Waals surface area (Å²) in [6, 6.07) is 7.12. The Kier molecular flexibility index (Phi) is 4.69. The number of anilines is 1. The molecule has 1 aromatic rings. The fourth-order valence-corrected chi connectivity index (χ4v) is 3.99. The zero-order valence-corrected chi connectivity index (χ0v) is 12.9. The number of hydrogen-bond donors (Lipinski definition) is 1. The SMILES string of the molecule is O=C(Nc1cccc(Cl)c1)O[C@@H]1CC[C@H]2CCCC[C@@H]2C1. The Labute approximate surface area is 131 Å². The second kappa shape index (κ2) is 6.69. The molecule has 0 bridgehead atoms. The van der Waals surface area contributed by atoms with Crippen LogP contribution in [0.25, 0.3) is 0 Å². The van der Waals surface area contributed by atoms with Crippen LogP contribution in [-0.2, 0) is 4.74 Å². The van der Waals surface area contributed by atoms with Crippen molar-refractivity contribution in [1.82, 2.24) is 0 Å². The second-order valence-corrected chi connectivity index (χ2v) is 6.72. The minimum absolute atomic E-state index is 0.0727. The highest BCUT2D eigenvalue weighted by Gasteiger charge is 2.33. The number of carbonyl (C=O) groups is 1. The van der Waals surface area contributed by atoms with E-state index >= 15 is 0 Å². The molecule has 0 aliphatic heterocycles. The molecule has 3 nitrogen and oxygen atoms in total. The zero-order valence-electron chi connectivity index (χ0n) is 12.2. The first-order valence-electron chi connectivity index (χ1n) is 7.94. The van der Waals surface area contributed by atoms with Crippen LogP contribution in [0.3, 0.4) is 0 Å². The number of hydrogen-bond acceptors (Lipinski definition) is 2. The van der Waals surface area contributed by atoms with Crippen LogP contribution < -0.4 is 5.32 Å². The van der Waals surface area contributed by atoms with Gasteiger partial charge in [-0.25, -0.2) is 4.79 Å². The molecule has 114 valence electrons. The van der Waals surface area contributed by atoms with Crippen molar-refractivity contribution < 1.29 is 9.53 Å². The highest BCUT2D eigenvalue weighted by Crippen LogP contribution is 2.41. The van der Waals surface area contributed by atoms with Crippen molar-refractivity contribution in [3.8, 4) is 0 Å². The predicted molar refractivity (Wildman–Crippen MR) is 84.6 cm³/mol. The van der Waals surface area contributed by atoms with Gasteiger partial charge in [0, 0.05) is 10.7 Å². The molecule has 2 fully saturated rings. The maximum Gasteiger partial charge on any atom is 0.411 e. The topological polar surface area (TPSA) is 38.3 Å². The summed E-state index contributed by atoms with van der Waals surface area (Å²) >= 11 is 5.90. The summed E-state index contributed by atoms with van der Waals surface area (Å²) < 4.78 is 5.59. The number of benzene rings is 1. The van der Waals surface area contributed by atoms with Gasteiger partial charge >= 0.3 is 6.09 Å². The normalized spacial score (nSPS) is 28.5. The highest BCUT2D eigenvalue weighted by atomic mass is 35.5. The number of amides is 1. The minimum Gasteiger partial charge on any atom is -0.446 e. The molecule has 0 radical (unpaired) electrons. The molecule has 0 heterocycles. The quantitative estimate of drug-likeness (QED) is 0.810. The van der Waals surface area contributed by atoms with Crippen molar-refractivity contribution in [2.45, 2.75) is 51.0 Å². The van der Waals surface area contributed by atoms with E-state index in [0.717, 1.165) is 24.7 Å². The predicted octanol–water partition coefficient (Wildman–Crippen LogP) is 5.25. The summed E-state index contributed by atoms with van der Waals surface area (Å²) in [5.74, 6) is 1.63. The van der Waals surface area contributed by atoms with Crippen LogP contribution in [0.1, 0.15) is 44.9 Å². The average Bonchev–Trinajstić information content (AvgIpc) is 2.47. The van der Waals surface area contributed by atoms with E-state index in [1.807, 2.05) is 12.1 Å². The van der Waals surface area contributed by atoms with Crippen LogP contribution in [0.15, 0.2) is 24.3 Å². The first kappa shape index (κ1) is 14.7. The van der Waals surface area contributed by atoms with Gasteiger partial charge in [-0.1, -0.05) is 43.4 Å². The molecule has 1 amide bonds. The molecule has 1 N–H and O–H groups in total. The van der Waals surface area contributed by atoms with Crippen molar-refractivity contribution >= 4 is 23.4 Å². The summed E-state index contributed by atoms with van der Waals surface area (Å²) in [4.78, 5) is 12.0. The maximum absolute atomic E-state index is 12.0. The lowest BCUT2D eigenvalue weighted by Gasteiger charge is -2.38. The van der Waals surface area contributed by atoms with Gasteiger partial charge in [0.05, 0.1) is 0 Å². The third-order valence-electron chi connectivity index (χ3n) is 4.84. The standard InChI is InChI=1S/C17H22ClNO2/c18-14-6-3-7-15(11-14)19-17(20)21-16-9-8-12-4-1-2-5-13(12)10-16/h3,6-7,11-13,16H,1-2,4-5,8-10H2,(H,19,20)/t12-,13-,16-/m1/s1. The summed E-state index contributed by atoms with van der Waals surface area (Å²) in [6.45, 7) is 0. The fourth-order valence-electron chi connectivity index (χ4n) is 3.80. The molecule has 0 saturated heterocycles. The summed E-state index contributed by atoms with van der Waals surface area (Å²) in [5.41, 5.74) is 0.679. The van der Waals surface area contributed by atoms with E-state index in [9.17, 15) is 4.79 Å². The Balaban J connectivity index is 1.51. The summed E-state index contributed by atoms with van der Waals surface area (Å²) in [7, 11) is 0. The third kappa shape index (κ3) is 3.91. The van der Waals surface area contributed by atoms with E-state index in [2.05, 4.69) is 5.32 Å². The van der Waals surface area contributed by atoms with Crippen LogP contribution in [-0.4, -0.2) is 12.2 Å². The summed E-state index contributed by atoms with van der Waals surface area (Å²) in [6.07, 6.45) is 8.34. The fraction of sp³-hybridized carbons (Fsp3) is 0.588. The second-order valence-electron chi connectivity index (χ2n) is 6.28. The van der Waals surface area contributed by atoms with Gasteiger partial charge in [0.2, 0.25) is 0 Å². The smallest absolute Gasteiger partial charge is 0.411 e. The zero-order chi connectivity index (χ0) is 14.7. The molecule has 2 aliphatic rings. The number of fused-ring (bicyclic) bond motifs is 1. The Morgan fingerprint density at radius 3 is 2.76 bits per heavy atom. The van der Waals surface area contributed by atoms with E-state index in [0.29, 0.717) is 10.7 Å². The number of ether oxygens (including phenoxy) is 1. The minimum atomic E-state index is -0.364. The largest absolute Gasteiger partial charge is 0.446 e. The van der Waals surface area contributed by atoms with Crippen LogP contribution in [0.2, 0.25) is 5.02 Å². The van der Waals surface area contributed by atoms with Crippen LogP contribution in [0, 0.1) is 11.8 Å². The van der Waals surface area contributed by atoms with Gasteiger partial charge < -0.3 is 4.74 Å². The number of rotatable bonds is 2. The van der Waals surface area contributed by atoms with Crippen molar-refractivity contribution in [2.75, 3.05) is 5.32 Å². The number of halogens is 1. The third-order valence-corrected chi connectivity index (χ3v) is 5.07. The molecule has 3 atom stereocenters. The van der Waals surface area contributed by atoms with E-state index in [4.69, 9.17) is 16.3 Å². The number of carbonyl (C=O) groups excluding carboxylic acids is 1. The van der Waals surface area contributed by atoms with Crippen LogP contribution in [0.4, 0.5) is 10.5 Å². The molecule has 21 heavy (non-hydrogen) atoms. The lowest BCUT2D eigenvalue weighted by molar-refractivity contribution is 0.0339. The molecule has 0 spiro atoms.